The summed E-state index contributed by atoms with van der Waals surface area (Å²) in [6.45, 7) is 3.52. The van der Waals surface area contributed by atoms with E-state index in [-0.39, 0.29) is 0 Å². The number of aromatic nitrogens is 2. The molecule has 1 N–H and O–H groups in total. The van der Waals surface area contributed by atoms with Crippen LogP contribution in [0.2, 0.25) is 0 Å². The minimum atomic E-state index is 0.490. The van der Waals surface area contributed by atoms with E-state index in [0.717, 1.165) is 29.6 Å². The number of aliphatic imine (C=N–C) groups is 1. The minimum Gasteiger partial charge on any atom is -0.385 e. The van der Waals surface area contributed by atoms with Gasteiger partial charge in [-0.1, -0.05) is 11.8 Å². The van der Waals surface area contributed by atoms with E-state index < -0.39 is 0 Å². The molecule has 0 saturated carbocycles. The molecule has 0 radical (unpaired) electrons. The van der Waals surface area contributed by atoms with Crippen molar-refractivity contribution in [2.45, 2.75) is 25.9 Å². The number of nitrogens with one attached hydrogen (secondary N) is 1. The molecule has 6 heteroatoms. The zero-order valence-electron chi connectivity index (χ0n) is 11.1. The van der Waals surface area contributed by atoms with Crippen LogP contribution in [-0.2, 0) is 18.3 Å². The molecule has 1 saturated heterocycles. The second-order valence-electron chi connectivity index (χ2n) is 4.47. The molecule has 0 bridgehead atoms. The predicted molar refractivity (Wildman–Crippen MR) is 75.0 cm³/mol. The first-order chi connectivity index (χ1) is 8.69. The van der Waals surface area contributed by atoms with Gasteiger partial charge in [0, 0.05) is 44.3 Å². The van der Waals surface area contributed by atoms with Crippen LogP contribution in [0.15, 0.2) is 11.2 Å². The van der Waals surface area contributed by atoms with E-state index in [1.54, 1.807) is 18.9 Å². The molecule has 1 atom stereocenters. The summed E-state index contributed by atoms with van der Waals surface area (Å²) in [6, 6.07) is 0.490. The van der Waals surface area contributed by atoms with Crippen molar-refractivity contribution in [2.24, 2.45) is 12.0 Å². The first-order valence-corrected chi connectivity index (χ1v) is 7.09. The number of hydrogen-bond donors (Lipinski definition) is 1. The van der Waals surface area contributed by atoms with Crippen molar-refractivity contribution in [3.8, 4) is 0 Å². The van der Waals surface area contributed by atoms with Crippen LogP contribution in [0.5, 0.6) is 0 Å². The molecular weight excluding hydrogens is 248 g/mol. The number of rotatable bonds is 5. The standard InChI is InChI=1S/C12H20N4OS/c1-9-10(7-16(2)15-9)6-13-12-14-11(8-18-12)4-5-17-3/h7,11H,4-6,8H2,1-3H3,(H,13,14). The Morgan fingerprint density at radius 3 is 3.17 bits per heavy atom. The molecule has 1 aliphatic heterocycles. The second-order valence-corrected chi connectivity index (χ2v) is 5.48. The van der Waals surface area contributed by atoms with Crippen LogP contribution in [0.25, 0.3) is 0 Å². The fraction of sp³-hybridized carbons (Fsp3) is 0.667. The van der Waals surface area contributed by atoms with E-state index in [4.69, 9.17) is 4.74 Å². The van der Waals surface area contributed by atoms with Gasteiger partial charge >= 0.3 is 0 Å². The molecule has 5 nitrogen and oxygen atoms in total. The lowest BCUT2D eigenvalue weighted by Crippen LogP contribution is -2.28. The maximum Gasteiger partial charge on any atom is 0.157 e. The van der Waals surface area contributed by atoms with Crippen LogP contribution in [0.4, 0.5) is 0 Å². The molecule has 1 unspecified atom stereocenters. The molecule has 0 aromatic carbocycles. The largest absolute Gasteiger partial charge is 0.385 e. The number of nitrogens with zero attached hydrogens (tertiary/aromatic N) is 3. The number of aryl methyl sites for hydroxylation is 2. The van der Waals surface area contributed by atoms with Crippen LogP contribution >= 0.6 is 11.8 Å². The topological polar surface area (TPSA) is 51.4 Å². The minimum absolute atomic E-state index is 0.490. The molecule has 1 aromatic rings. The third-order valence-electron chi connectivity index (χ3n) is 2.93. The van der Waals surface area contributed by atoms with Crippen molar-refractivity contribution in [3.05, 3.63) is 17.5 Å². The molecule has 1 aliphatic rings. The normalized spacial score (nSPS) is 21.5. The van der Waals surface area contributed by atoms with E-state index in [2.05, 4.69) is 15.4 Å². The van der Waals surface area contributed by atoms with Gasteiger partial charge in [0.15, 0.2) is 5.17 Å². The van der Waals surface area contributed by atoms with Crippen LogP contribution in [0, 0.1) is 6.92 Å². The monoisotopic (exact) mass is 268 g/mol. The van der Waals surface area contributed by atoms with Gasteiger partial charge in [0.25, 0.3) is 0 Å². The molecule has 1 aromatic heterocycles. The smallest absolute Gasteiger partial charge is 0.157 e. The van der Waals surface area contributed by atoms with Gasteiger partial charge in [-0.3, -0.25) is 9.67 Å². The van der Waals surface area contributed by atoms with Crippen LogP contribution in [0.1, 0.15) is 17.7 Å². The second kappa shape index (κ2) is 6.24. The third kappa shape index (κ3) is 3.49. The highest BCUT2D eigenvalue weighted by molar-refractivity contribution is 8.14. The number of amidine groups is 1. The van der Waals surface area contributed by atoms with Gasteiger partial charge in [0.2, 0.25) is 0 Å². The van der Waals surface area contributed by atoms with E-state index in [1.807, 2.05) is 24.9 Å². The van der Waals surface area contributed by atoms with Gasteiger partial charge in [-0.05, 0) is 13.3 Å². The lowest BCUT2D eigenvalue weighted by Gasteiger charge is -2.08. The zero-order chi connectivity index (χ0) is 13.0. The average molecular weight is 268 g/mol. The van der Waals surface area contributed by atoms with E-state index in [0.29, 0.717) is 12.6 Å². The number of thioether (sulfide) groups is 1. The average Bonchev–Trinajstić information content (AvgIpc) is 2.91. The highest BCUT2D eigenvalue weighted by Crippen LogP contribution is 2.17. The maximum atomic E-state index is 5.09. The maximum absolute atomic E-state index is 5.09. The Kier molecular flexibility index (Phi) is 4.66. The van der Waals surface area contributed by atoms with E-state index in [9.17, 15) is 0 Å². The molecule has 100 valence electrons. The Hall–Kier alpha value is -1.01. The van der Waals surface area contributed by atoms with Crippen molar-refractivity contribution in [2.75, 3.05) is 19.5 Å². The Morgan fingerprint density at radius 2 is 2.50 bits per heavy atom. The Balaban J connectivity index is 1.86. The van der Waals surface area contributed by atoms with Gasteiger partial charge in [-0.25, -0.2) is 0 Å². The molecule has 18 heavy (non-hydrogen) atoms. The molecule has 0 amide bonds. The zero-order valence-corrected chi connectivity index (χ0v) is 12.0. The van der Waals surface area contributed by atoms with Gasteiger partial charge in [-0.2, -0.15) is 5.10 Å². The highest BCUT2D eigenvalue weighted by Gasteiger charge is 2.19. The number of methoxy groups -OCH3 is 1. The predicted octanol–water partition coefficient (Wildman–Crippen LogP) is 1.33. The first kappa shape index (κ1) is 13.4. The van der Waals surface area contributed by atoms with Crippen LogP contribution in [-0.4, -0.2) is 40.5 Å². The van der Waals surface area contributed by atoms with E-state index in [1.165, 1.54) is 5.56 Å². The fourth-order valence-electron chi connectivity index (χ4n) is 1.91. The van der Waals surface area contributed by atoms with Crippen molar-refractivity contribution in [1.82, 2.24) is 15.1 Å². The van der Waals surface area contributed by atoms with Crippen molar-refractivity contribution in [1.29, 1.82) is 0 Å². The van der Waals surface area contributed by atoms with Crippen LogP contribution < -0.4 is 5.32 Å². The summed E-state index contributed by atoms with van der Waals surface area (Å²) in [5.41, 5.74) is 2.24. The lowest BCUT2D eigenvalue weighted by molar-refractivity contribution is 0.188. The summed E-state index contributed by atoms with van der Waals surface area (Å²) in [6.07, 6.45) is 3.07. The van der Waals surface area contributed by atoms with Gasteiger partial charge in [-0.15, -0.1) is 0 Å². The summed E-state index contributed by atoms with van der Waals surface area (Å²) in [7, 11) is 3.68. The van der Waals surface area contributed by atoms with Crippen molar-refractivity contribution < 1.29 is 4.74 Å². The highest BCUT2D eigenvalue weighted by atomic mass is 32.2. The van der Waals surface area contributed by atoms with Gasteiger partial charge in [0.05, 0.1) is 12.2 Å². The molecule has 0 aliphatic carbocycles. The fourth-order valence-corrected chi connectivity index (χ4v) is 2.92. The summed E-state index contributed by atoms with van der Waals surface area (Å²) in [5, 5.41) is 8.78. The third-order valence-corrected chi connectivity index (χ3v) is 4.02. The molecule has 1 fully saturated rings. The summed E-state index contributed by atoms with van der Waals surface area (Å²) in [5.74, 6) is 1.08. The first-order valence-electron chi connectivity index (χ1n) is 6.11. The molecule has 0 spiro atoms. The lowest BCUT2D eigenvalue weighted by atomic mass is 10.2. The summed E-state index contributed by atoms with van der Waals surface area (Å²) < 4.78 is 6.92. The SMILES string of the molecule is COCCC1CSC(=NCc2cn(C)nc2C)N1. The number of ether oxygens (including phenoxy) is 1. The van der Waals surface area contributed by atoms with Crippen molar-refractivity contribution >= 4 is 16.9 Å². The molecule has 2 heterocycles. The number of hydrogen-bond acceptors (Lipinski definition) is 4. The van der Waals surface area contributed by atoms with Gasteiger partial charge < -0.3 is 10.1 Å². The Bertz CT molecular complexity index is 430. The van der Waals surface area contributed by atoms with Gasteiger partial charge in [0.1, 0.15) is 0 Å². The van der Waals surface area contributed by atoms with Crippen molar-refractivity contribution in [3.63, 3.8) is 0 Å². The molecular formula is C12H20N4OS. The Labute approximate surface area is 112 Å². The quantitative estimate of drug-likeness (QED) is 0.875. The summed E-state index contributed by atoms with van der Waals surface area (Å²) in [4.78, 5) is 4.60. The molecule has 2 rings (SSSR count). The summed E-state index contributed by atoms with van der Waals surface area (Å²) >= 11 is 1.79. The van der Waals surface area contributed by atoms with Crippen LogP contribution in [0.3, 0.4) is 0 Å². The van der Waals surface area contributed by atoms with E-state index >= 15 is 0 Å². The Morgan fingerprint density at radius 1 is 1.67 bits per heavy atom.